The predicted molar refractivity (Wildman–Crippen MR) is 94.9 cm³/mol. The number of carboxylic acid groups (broad SMARTS) is 1. The van der Waals surface area contributed by atoms with E-state index in [0.29, 0.717) is 24.9 Å². The first-order chi connectivity index (χ1) is 11.9. The summed E-state index contributed by atoms with van der Waals surface area (Å²) in [6.07, 6.45) is 1.73. The number of halogens is 1. The van der Waals surface area contributed by atoms with Crippen LogP contribution in [0.2, 0.25) is 0 Å². The van der Waals surface area contributed by atoms with Crippen LogP contribution in [0.25, 0.3) is 0 Å². The maximum Gasteiger partial charge on any atom is 0.303 e. The number of amides is 1. The van der Waals surface area contributed by atoms with Crippen molar-refractivity contribution < 1.29 is 19.1 Å². The van der Waals surface area contributed by atoms with Crippen molar-refractivity contribution in [3.05, 3.63) is 65.5 Å². The van der Waals surface area contributed by atoms with Gasteiger partial charge in [-0.15, -0.1) is 0 Å². The predicted octanol–water partition coefficient (Wildman–Crippen LogP) is 4.05. The molecule has 0 saturated heterocycles. The summed E-state index contributed by atoms with van der Waals surface area (Å²) in [5.41, 5.74) is 2.40. The molecule has 1 amide bonds. The molecule has 2 aromatic rings. The maximum atomic E-state index is 13.2. The summed E-state index contributed by atoms with van der Waals surface area (Å²) in [7, 11) is 0. The number of carboxylic acids is 1. The van der Waals surface area contributed by atoms with E-state index in [1.165, 1.54) is 12.1 Å². The number of hydrogen-bond acceptors (Lipinski definition) is 2. The molecule has 1 unspecified atom stereocenters. The van der Waals surface area contributed by atoms with Gasteiger partial charge in [0.1, 0.15) is 5.82 Å². The third-order valence-electron chi connectivity index (χ3n) is 4.02. The molecule has 0 saturated carbocycles. The molecule has 0 heterocycles. The molecule has 0 fully saturated rings. The zero-order chi connectivity index (χ0) is 18.2. The van der Waals surface area contributed by atoms with Gasteiger partial charge >= 0.3 is 5.97 Å². The Bertz CT molecular complexity index is 745. The van der Waals surface area contributed by atoms with Crippen molar-refractivity contribution in [3.8, 4) is 0 Å². The molecule has 132 valence electrons. The normalized spacial score (nSPS) is 11.8. The quantitative estimate of drug-likeness (QED) is 0.760. The van der Waals surface area contributed by atoms with Gasteiger partial charge in [-0.2, -0.15) is 0 Å². The third-order valence-corrected chi connectivity index (χ3v) is 4.02. The van der Waals surface area contributed by atoms with Crippen molar-refractivity contribution in [1.82, 2.24) is 0 Å². The second kappa shape index (κ2) is 8.97. The summed E-state index contributed by atoms with van der Waals surface area (Å²) >= 11 is 0. The average Bonchev–Trinajstić information content (AvgIpc) is 2.58. The third kappa shape index (κ3) is 6.37. The molecule has 0 aliphatic heterocycles. The van der Waals surface area contributed by atoms with Gasteiger partial charge in [0.15, 0.2) is 0 Å². The van der Waals surface area contributed by atoms with Crippen LogP contribution in [0.15, 0.2) is 48.5 Å². The van der Waals surface area contributed by atoms with Crippen LogP contribution >= 0.6 is 0 Å². The van der Waals surface area contributed by atoms with Crippen LogP contribution < -0.4 is 5.32 Å². The van der Waals surface area contributed by atoms with Gasteiger partial charge in [-0.05, 0) is 54.7 Å². The Labute approximate surface area is 146 Å². The molecular weight excluding hydrogens is 321 g/mol. The monoisotopic (exact) mass is 343 g/mol. The minimum atomic E-state index is -0.847. The van der Waals surface area contributed by atoms with Crippen molar-refractivity contribution >= 4 is 17.6 Å². The Morgan fingerprint density at radius 3 is 2.44 bits per heavy atom. The zero-order valence-electron chi connectivity index (χ0n) is 14.2. The highest BCUT2D eigenvalue weighted by atomic mass is 19.1. The van der Waals surface area contributed by atoms with E-state index < -0.39 is 5.97 Å². The fourth-order valence-electron chi connectivity index (χ4n) is 2.53. The van der Waals surface area contributed by atoms with E-state index in [1.54, 1.807) is 24.3 Å². The van der Waals surface area contributed by atoms with Crippen molar-refractivity contribution in [1.29, 1.82) is 0 Å². The van der Waals surface area contributed by atoms with Crippen molar-refractivity contribution in [3.63, 3.8) is 0 Å². The summed E-state index contributed by atoms with van der Waals surface area (Å²) < 4.78 is 13.2. The Kier molecular flexibility index (Phi) is 6.69. The highest BCUT2D eigenvalue weighted by molar-refractivity contribution is 5.92. The van der Waals surface area contributed by atoms with Gasteiger partial charge < -0.3 is 10.4 Å². The Morgan fingerprint density at radius 2 is 1.76 bits per heavy atom. The van der Waals surface area contributed by atoms with Crippen LogP contribution in [0.3, 0.4) is 0 Å². The lowest BCUT2D eigenvalue weighted by atomic mass is 10.00. The molecule has 1 atom stereocenters. The number of carbonyl (C=O) groups excluding carboxylic acids is 1. The zero-order valence-corrected chi connectivity index (χ0v) is 14.2. The van der Waals surface area contributed by atoms with E-state index in [2.05, 4.69) is 5.32 Å². The molecule has 0 aliphatic rings. The smallest absolute Gasteiger partial charge is 0.303 e. The van der Waals surface area contributed by atoms with E-state index in [4.69, 9.17) is 5.11 Å². The molecule has 0 spiro atoms. The van der Waals surface area contributed by atoms with Gasteiger partial charge in [-0.3, -0.25) is 9.59 Å². The van der Waals surface area contributed by atoms with Crippen LogP contribution in [0.4, 0.5) is 10.1 Å². The van der Waals surface area contributed by atoms with Gasteiger partial charge in [0.05, 0.1) is 0 Å². The van der Waals surface area contributed by atoms with E-state index in [0.717, 1.165) is 11.1 Å². The first-order valence-electron chi connectivity index (χ1n) is 8.30. The number of carbonyl (C=O) groups is 2. The van der Waals surface area contributed by atoms with E-state index in [-0.39, 0.29) is 24.1 Å². The molecule has 0 aromatic heterocycles. The topological polar surface area (TPSA) is 66.4 Å². The van der Waals surface area contributed by atoms with E-state index in [1.807, 2.05) is 19.1 Å². The highest BCUT2D eigenvalue weighted by Gasteiger charge is 2.13. The molecule has 2 rings (SSSR count). The SMILES string of the molecule is CC(CCc1cccc(F)c1)C(=O)Nc1cccc(CCC(=O)O)c1. The van der Waals surface area contributed by atoms with Crippen LogP contribution in [0, 0.1) is 11.7 Å². The number of aryl methyl sites for hydroxylation is 2. The van der Waals surface area contributed by atoms with E-state index in [9.17, 15) is 14.0 Å². The maximum absolute atomic E-state index is 13.2. The molecule has 25 heavy (non-hydrogen) atoms. The lowest BCUT2D eigenvalue weighted by Gasteiger charge is -2.13. The van der Waals surface area contributed by atoms with Gasteiger partial charge in [0.2, 0.25) is 5.91 Å². The molecule has 0 bridgehead atoms. The minimum absolute atomic E-state index is 0.0570. The van der Waals surface area contributed by atoms with Crippen molar-refractivity contribution in [2.45, 2.75) is 32.6 Å². The van der Waals surface area contributed by atoms with Crippen LogP contribution in [0.5, 0.6) is 0 Å². The summed E-state index contributed by atoms with van der Waals surface area (Å²) in [6.45, 7) is 1.84. The summed E-state index contributed by atoms with van der Waals surface area (Å²) in [5, 5.41) is 11.6. The fourth-order valence-corrected chi connectivity index (χ4v) is 2.53. The lowest BCUT2D eigenvalue weighted by molar-refractivity contribution is -0.137. The fraction of sp³-hybridized carbons (Fsp3) is 0.300. The first-order valence-corrected chi connectivity index (χ1v) is 8.30. The van der Waals surface area contributed by atoms with Gasteiger partial charge in [-0.25, -0.2) is 4.39 Å². The number of benzene rings is 2. The molecular formula is C20H22FNO3. The largest absolute Gasteiger partial charge is 0.481 e. The highest BCUT2D eigenvalue weighted by Crippen LogP contribution is 2.16. The van der Waals surface area contributed by atoms with Gasteiger partial charge in [-0.1, -0.05) is 31.2 Å². The standard InChI is InChI=1S/C20H22FNO3/c1-14(8-9-15-4-2-6-17(21)12-15)20(25)22-18-7-3-5-16(13-18)10-11-19(23)24/h2-7,12-14H,8-11H2,1H3,(H,22,25)(H,23,24). The Balaban J connectivity index is 1.88. The van der Waals surface area contributed by atoms with E-state index >= 15 is 0 Å². The molecule has 4 nitrogen and oxygen atoms in total. The summed E-state index contributed by atoms with van der Waals surface area (Å²) in [5.74, 6) is -1.44. The van der Waals surface area contributed by atoms with Gasteiger partial charge in [0, 0.05) is 18.0 Å². The molecule has 0 radical (unpaired) electrons. The number of anilines is 1. The lowest BCUT2D eigenvalue weighted by Crippen LogP contribution is -2.21. The first kappa shape index (κ1) is 18.6. The summed E-state index contributed by atoms with van der Waals surface area (Å²) in [4.78, 5) is 22.9. The van der Waals surface area contributed by atoms with Crippen LogP contribution in [-0.2, 0) is 22.4 Å². The number of hydrogen-bond donors (Lipinski definition) is 2. The molecule has 0 aliphatic carbocycles. The number of nitrogens with one attached hydrogen (secondary N) is 1. The second-order valence-corrected chi connectivity index (χ2v) is 6.15. The van der Waals surface area contributed by atoms with Crippen molar-refractivity contribution in [2.24, 2.45) is 5.92 Å². The Hall–Kier alpha value is -2.69. The minimum Gasteiger partial charge on any atom is -0.481 e. The average molecular weight is 343 g/mol. The number of rotatable bonds is 8. The summed E-state index contributed by atoms with van der Waals surface area (Å²) in [6, 6.07) is 13.6. The second-order valence-electron chi connectivity index (χ2n) is 6.15. The van der Waals surface area contributed by atoms with Crippen LogP contribution in [0.1, 0.15) is 30.9 Å². The molecule has 5 heteroatoms. The van der Waals surface area contributed by atoms with Crippen molar-refractivity contribution in [2.75, 3.05) is 5.32 Å². The number of aliphatic carboxylic acids is 1. The molecule has 2 N–H and O–H groups in total. The van der Waals surface area contributed by atoms with Crippen LogP contribution in [-0.4, -0.2) is 17.0 Å². The Morgan fingerprint density at radius 1 is 1.08 bits per heavy atom. The van der Waals surface area contributed by atoms with Gasteiger partial charge in [0.25, 0.3) is 0 Å². The molecule has 2 aromatic carbocycles.